The summed E-state index contributed by atoms with van der Waals surface area (Å²) in [6.45, 7) is 4.46. The zero-order valence-corrected chi connectivity index (χ0v) is 12.8. The summed E-state index contributed by atoms with van der Waals surface area (Å²) in [6, 6.07) is 4.93. The zero-order chi connectivity index (χ0) is 14.8. The zero-order valence-electron chi connectivity index (χ0n) is 12.0. The summed E-state index contributed by atoms with van der Waals surface area (Å²) in [4.78, 5) is 10.5. The number of nitro benzene ring substituents is 1. The van der Waals surface area contributed by atoms with Gasteiger partial charge in [-0.1, -0.05) is 13.8 Å². The van der Waals surface area contributed by atoms with E-state index in [1.54, 1.807) is 19.2 Å². The molecule has 110 valence electrons. The number of non-ortho nitro benzene ring substituents is 1. The van der Waals surface area contributed by atoms with Crippen LogP contribution in [0.5, 0.6) is 5.75 Å². The maximum absolute atomic E-state index is 10.9. The van der Waals surface area contributed by atoms with Crippen LogP contribution in [0.25, 0.3) is 0 Å². The lowest BCUT2D eigenvalue weighted by atomic mass is 9.82. The van der Waals surface area contributed by atoms with Crippen molar-refractivity contribution in [3.05, 3.63) is 28.3 Å². The molecular weight excluding hydrogens is 276 g/mol. The molecule has 1 N–H and O–H groups in total. The summed E-state index contributed by atoms with van der Waals surface area (Å²) in [5.41, 5.74) is 0.942. The van der Waals surface area contributed by atoms with E-state index >= 15 is 0 Å². The van der Waals surface area contributed by atoms with Gasteiger partial charge in [-0.3, -0.25) is 10.1 Å². The van der Waals surface area contributed by atoms with Crippen molar-refractivity contribution in [3.8, 4) is 5.75 Å². The number of thioether (sulfide) groups is 1. The van der Waals surface area contributed by atoms with Crippen LogP contribution in [-0.2, 0) is 0 Å². The van der Waals surface area contributed by atoms with Gasteiger partial charge in [-0.25, -0.2) is 0 Å². The van der Waals surface area contributed by atoms with Gasteiger partial charge in [0.15, 0.2) is 0 Å². The van der Waals surface area contributed by atoms with Crippen LogP contribution in [0, 0.1) is 15.5 Å². The maximum atomic E-state index is 10.9. The van der Waals surface area contributed by atoms with Crippen molar-refractivity contribution in [2.45, 2.75) is 26.3 Å². The molecule has 20 heavy (non-hydrogen) atoms. The Morgan fingerprint density at radius 1 is 1.50 bits per heavy atom. The summed E-state index contributed by atoms with van der Waals surface area (Å²) in [7, 11) is 1.58. The van der Waals surface area contributed by atoms with Crippen LogP contribution in [0.15, 0.2) is 18.2 Å². The van der Waals surface area contributed by atoms with Crippen LogP contribution < -0.4 is 10.1 Å². The van der Waals surface area contributed by atoms with E-state index in [1.165, 1.54) is 6.07 Å². The normalized spacial score (nSPS) is 21.2. The molecule has 1 fully saturated rings. The van der Waals surface area contributed by atoms with Gasteiger partial charge in [-0.05, 0) is 23.7 Å². The molecule has 1 aliphatic heterocycles. The van der Waals surface area contributed by atoms with Crippen LogP contribution in [0.2, 0.25) is 0 Å². The Balaban J connectivity index is 2.26. The number of nitrogens with zero attached hydrogens (tertiary/aromatic N) is 1. The van der Waals surface area contributed by atoms with Crippen LogP contribution in [0.3, 0.4) is 0 Å². The summed E-state index contributed by atoms with van der Waals surface area (Å²) < 4.78 is 5.30. The standard InChI is InChI=1S/C14H20N2O3S/c1-14(2)6-7-20-9-13(14)15-11-8-10(16(17)18)4-5-12(11)19-3/h4-5,8,13,15H,6-7,9H2,1-3H3. The quantitative estimate of drug-likeness (QED) is 0.680. The number of hydrogen-bond acceptors (Lipinski definition) is 5. The van der Waals surface area contributed by atoms with Crippen LogP contribution in [0.1, 0.15) is 20.3 Å². The van der Waals surface area contributed by atoms with Crippen molar-refractivity contribution >= 4 is 23.1 Å². The van der Waals surface area contributed by atoms with Gasteiger partial charge in [0, 0.05) is 23.9 Å². The van der Waals surface area contributed by atoms with Gasteiger partial charge in [0.2, 0.25) is 0 Å². The third kappa shape index (κ3) is 3.17. The summed E-state index contributed by atoms with van der Waals surface area (Å²) in [6.07, 6.45) is 1.13. The molecule has 1 heterocycles. The van der Waals surface area contributed by atoms with E-state index in [0.717, 1.165) is 17.9 Å². The number of nitrogens with one attached hydrogen (secondary N) is 1. The maximum Gasteiger partial charge on any atom is 0.271 e. The molecule has 1 unspecified atom stereocenters. The fourth-order valence-electron chi connectivity index (χ4n) is 2.28. The lowest BCUT2D eigenvalue weighted by Crippen LogP contribution is -2.41. The van der Waals surface area contributed by atoms with Gasteiger partial charge in [0.25, 0.3) is 5.69 Å². The Hall–Kier alpha value is -1.43. The molecule has 0 radical (unpaired) electrons. The molecule has 1 aromatic carbocycles. The van der Waals surface area contributed by atoms with E-state index in [-0.39, 0.29) is 22.1 Å². The van der Waals surface area contributed by atoms with E-state index in [1.807, 2.05) is 11.8 Å². The fraction of sp³-hybridized carbons (Fsp3) is 0.571. The van der Waals surface area contributed by atoms with Gasteiger partial charge in [0.1, 0.15) is 5.75 Å². The highest BCUT2D eigenvalue weighted by molar-refractivity contribution is 7.99. The number of nitro groups is 1. The van der Waals surface area contributed by atoms with Gasteiger partial charge in [-0.15, -0.1) is 0 Å². The van der Waals surface area contributed by atoms with Crippen LogP contribution >= 0.6 is 11.8 Å². The molecule has 1 aliphatic rings. The average Bonchev–Trinajstić information content (AvgIpc) is 2.41. The van der Waals surface area contributed by atoms with Crippen LogP contribution in [-0.4, -0.2) is 29.6 Å². The molecule has 0 aromatic heterocycles. The number of methoxy groups -OCH3 is 1. The van der Waals surface area contributed by atoms with E-state index in [4.69, 9.17) is 4.74 Å². The highest BCUT2D eigenvalue weighted by atomic mass is 32.2. The minimum absolute atomic E-state index is 0.0783. The predicted molar refractivity (Wildman–Crippen MR) is 82.8 cm³/mol. The minimum Gasteiger partial charge on any atom is -0.495 e. The van der Waals surface area contributed by atoms with Crippen molar-refractivity contribution < 1.29 is 9.66 Å². The number of hydrogen-bond donors (Lipinski definition) is 1. The number of ether oxygens (including phenoxy) is 1. The monoisotopic (exact) mass is 296 g/mol. The van der Waals surface area contributed by atoms with Gasteiger partial charge >= 0.3 is 0 Å². The molecule has 0 bridgehead atoms. The minimum atomic E-state index is -0.384. The Kier molecular flexibility index (Phi) is 4.42. The third-order valence-electron chi connectivity index (χ3n) is 3.84. The van der Waals surface area contributed by atoms with Gasteiger partial charge in [0.05, 0.1) is 17.7 Å². The number of benzene rings is 1. The Morgan fingerprint density at radius 3 is 2.85 bits per heavy atom. The van der Waals surface area contributed by atoms with E-state index < -0.39 is 0 Å². The number of anilines is 1. The first-order valence-electron chi connectivity index (χ1n) is 6.61. The van der Waals surface area contributed by atoms with Gasteiger partial charge < -0.3 is 10.1 Å². The molecule has 5 nitrogen and oxygen atoms in total. The smallest absolute Gasteiger partial charge is 0.271 e. The molecule has 1 atom stereocenters. The van der Waals surface area contributed by atoms with Crippen molar-refractivity contribution in [1.82, 2.24) is 0 Å². The molecule has 0 aliphatic carbocycles. The molecule has 2 rings (SSSR count). The second-order valence-corrected chi connectivity index (χ2v) is 6.80. The predicted octanol–water partition coefficient (Wildman–Crippen LogP) is 3.55. The van der Waals surface area contributed by atoms with Crippen molar-refractivity contribution in [3.63, 3.8) is 0 Å². The lowest BCUT2D eigenvalue weighted by molar-refractivity contribution is -0.384. The molecule has 6 heteroatoms. The molecule has 1 aromatic rings. The summed E-state index contributed by atoms with van der Waals surface area (Å²) >= 11 is 1.91. The largest absolute Gasteiger partial charge is 0.495 e. The first kappa shape index (κ1) is 15.0. The molecule has 1 saturated heterocycles. The van der Waals surface area contributed by atoms with E-state index in [9.17, 15) is 10.1 Å². The summed E-state index contributed by atoms with van der Waals surface area (Å²) in [5, 5.41) is 14.3. The van der Waals surface area contributed by atoms with Crippen molar-refractivity contribution in [2.75, 3.05) is 23.9 Å². The van der Waals surface area contributed by atoms with Crippen molar-refractivity contribution in [2.24, 2.45) is 5.41 Å². The van der Waals surface area contributed by atoms with E-state index in [2.05, 4.69) is 19.2 Å². The lowest BCUT2D eigenvalue weighted by Gasteiger charge is -2.39. The topological polar surface area (TPSA) is 64.4 Å². The summed E-state index contributed by atoms with van der Waals surface area (Å²) in [5.74, 6) is 2.80. The van der Waals surface area contributed by atoms with E-state index in [0.29, 0.717) is 11.4 Å². The Labute approximate surface area is 123 Å². The molecular formula is C14H20N2O3S. The Bertz CT molecular complexity index is 505. The van der Waals surface area contributed by atoms with Crippen molar-refractivity contribution in [1.29, 1.82) is 0 Å². The first-order chi connectivity index (χ1) is 9.44. The first-order valence-corrected chi connectivity index (χ1v) is 7.76. The highest BCUT2D eigenvalue weighted by Gasteiger charge is 2.33. The van der Waals surface area contributed by atoms with Crippen LogP contribution in [0.4, 0.5) is 11.4 Å². The molecule has 0 saturated carbocycles. The van der Waals surface area contributed by atoms with Gasteiger partial charge in [-0.2, -0.15) is 11.8 Å². The third-order valence-corrected chi connectivity index (χ3v) is 4.90. The molecule has 0 amide bonds. The fourth-order valence-corrected chi connectivity index (χ4v) is 3.89. The average molecular weight is 296 g/mol. The number of rotatable bonds is 4. The highest BCUT2D eigenvalue weighted by Crippen LogP contribution is 2.38. The second-order valence-electron chi connectivity index (χ2n) is 5.65. The second kappa shape index (κ2) is 5.91. The molecule has 0 spiro atoms. The SMILES string of the molecule is COc1ccc([N+](=O)[O-])cc1NC1CSCCC1(C)C. The Morgan fingerprint density at radius 2 is 2.25 bits per heavy atom.